The summed E-state index contributed by atoms with van der Waals surface area (Å²) in [4.78, 5) is 3.87. The van der Waals surface area contributed by atoms with Gasteiger partial charge in [0, 0.05) is 18.1 Å². The lowest BCUT2D eigenvalue weighted by Crippen LogP contribution is -2.06. The van der Waals surface area contributed by atoms with Gasteiger partial charge in [-0.25, -0.2) is 4.98 Å². The molecule has 0 fully saturated rings. The van der Waals surface area contributed by atoms with Crippen LogP contribution in [0.3, 0.4) is 0 Å². The van der Waals surface area contributed by atoms with Gasteiger partial charge in [0.15, 0.2) is 0 Å². The van der Waals surface area contributed by atoms with Crippen molar-refractivity contribution in [3.63, 3.8) is 0 Å². The normalized spacial score (nSPS) is 11.1. The van der Waals surface area contributed by atoms with E-state index in [1.807, 2.05) is 6.07 Å². The molecule has 0 radical (unpaired) electrons. The van der Waals surface area contributed by atoms with E-state index in [2.05, 4.69) is 4.98 Å². The third-order valence-electron chi connectivity index (χ3n) is 3.21. The minimum Gasteiger partial charge on any atom is -0.493 e. The Bertz CT molecular complexity index is 737. The third-order valence-corrected chi connectivity index (χ3v) is 3.58. The first-order chi connectivity index (χ1) is 10.8. The molecule has 1 heterocycles. The standard InChI is InChI=1S/C16H12ClF3N2O/c1-10-14(8-13(9-21)22-15(10)17)23-7-6-11-2-4-12(5-3-11)16(18,19)20/h2-5,8H,6-7H2,1H3. The Morgan fingerprint density at radius 1 is 1.26 bits per heavy atom. The fourth-order valence-electron chi connectivity index (χ4n) is 1.90. The maximum absolute atomic E-state index is 12.5. The Labute approximate surface area is 136 Å². The van der Waals surface area contributed by atoms with Crippen molar-refractivity contribution in [3.05, 3.63) is 57.9 Å². The first kappa shape index (κ1) is 17.1. The fourth-order valence-corrected chi connectivity index (χ4v) is 2.09. The molecule has 1 aromatic carbocycles. The van der Waals surface area contributed by atoms with Crippen LogP contribution in [-0.2, 0) is 12.6 Å². The molecule has 3 nitrogen and oxygen atoms in total. The Morgan fingerprint density at radius 2 is 1.91 bits per heavy atom. The van der Waals surface area contributed by atoms with Gasteiger partial charge in [-0.15, -0.1) is 0 Å². The highest BCUT2D eigenvalue weighted by Gasteiger charge is 2.29. The number of alkyl halides is 3. The highest BCUT2D eigenvalue weighted by Crippen LogP contribution is 2.29. The van der Waals surface area contributed by atoms with Gasteiger partial charge in [-0.2, -0.15) is 18.4 Å². The highest BCUT2D eigenvalue weighted by molar-refractivity contribution is 6.30. The van der Waals surface area contributed by atoms with Crippen LogP contribution in [0.5, 0.6) is 5.75 Å². The van der Waals surface area contributed by atoms with E-state index in [1.54, 1.807) is 6.92 Å². The summed E-state index contributed by atoms with van der Waals surface area (Å²) in [7, 11) is 0. The molecular formula is C16H12ClF3N2O. The number of aromatic nitrogens is 1. The van der Waals surface area contributed by atoms with Crippen molar-refractivity contribution in [2.24, 2.45) is 0 Å². The summed E-state index contributed by atoms with van der Waals surface area (Å²) in [6, 6.07) is 8.27. The van der Waals surface area contributed by atoms with Crippen LogP contribution in [0.1, 0.15) is 22.4 Å². The maximum atomic E-state index is 12.5. The predicted octanol–water partition coefficient (Wildman–Crippen LogP) is 4.56. The molecule has 0 N–H and O–H groups in total. The Balaban J connectivity index is 2.00. The number of ether oxygens (including phenoxy) is 1. The highest BCUT2D eigenvalue weighted by atomic mass is 35.5. The van der Waals surface area contributed by atoms with Crippen LogP contribution in [0.2, 0.25) is 5.15 Å². The van der Waals surface area contributed by atoms with Gasteiger partial charge in [-0.1, -0.05) is 23.7 Å². The number of benzene rings is 1. The van der Waals surface area contributed by atoms with Crippen molar-refractivity contribution in [2.75, 3.05) is 6.61 Å². The molecule has 0 amide bonds. The van der Waals surface area contributed by atoms with Gasteiger partial charge >= 0.3 is 6.18 Å². The number of rotatable bonds is 4. The molecule has 0 bridgehead atoms. The lowest BCUT2D eigenvalue weighted by atomic mass is 10.1. The summed E-state index contributed by atoms with van der Waals surface area (Å²) in [6.45, 7) is 1.96. The summed E-state index contributed by atoms with van der Waals surface area (Å²) in [6.07, 6.45) is -3.91. The van der Waals surface area contributed by atoms with Crippen molar-refractivity contribution in [2.45, 2.75) is 19.5 Å². The molecule has 0 unspecified atom stereocenters. The number of nitriles is 1. The molecular weight excluding hydrogens is 329 g/mol. The van der Waals surface area contributed by atoms with Crippen molar-refractivity contribution in [3.8, 4) is 11.8 Å². The Kier molecular flexibility index (Phi) is 5.12. The average Bonchev–Trinajstić information content (AvgIpc) is 2.51. The SMILES string of the molecule is Cc1c(OCCc2ccc(C(F)(F)F)cc2)cc(C#N)nc1Cl. The van der Waals surface area contributed by atoms with Crippen LogP contribution in [-0.4, -0.2) is 11.6 Å². The second kappa shape index (κ2) is 6.88. The van der Waals surface area contributed by atoms with Gasteiger partial charge in [0.25, 0.3) is 0 Å². The molecule has 7 heteroatoms. The zero-order chi connectivity index (χ0) is 17.0. The van der Waals surface area contributed by atoms with Crippen molar-refractivity contribution in [1.82, 2.24) is 4.98 Å². The van der Waals surface area contributed by atoms with E-state index in [0.29, 0.717) is 17.7 Å². The number of hydrogen-bond donors (Lipinski definition) is 0. The zero-order valence-corrected chi connectivity index (χ0v) is 12.9. The van der Waals surface area contributed by atoms with Gasteiger partial charge in [0.05, 0.1) is 12.2 Å². The van der Waals surface area contributed by atoms with Crippen LogP contribution >= 0.6 is 11.6 Å². The predicted molar refractivity (Wildman–Crippen MR) is 79.3 cm³/mol. The quantitative estimate of drug-likeness (QED) is 0.767. The molecule has 0 atom stereocenters. The molecule has 2 aromatic rings. The zero-order valence-electron chi connectivity index (χ0n) is 12.1. The van der Waals surface area contributed by atoms with E-state index in [4.69, 9.17) is 21.6 Å². The van der Waals surface area contributed by atoms with E-state index in [-0.39, 0.29) is 17.5 Å². The number of hydrogen-bond acceptors (Lipinski definition) is 3. The van der Waals surface area contributed by atoms with Crippen LogP contribution in [0.4, 0.5) is 13.2 Å². The summed E-state index contributed by atoms with van der Waals surface area (Å²) < 4.78 is 43.0. The van der Waals surface area contributed by atoms with Crippen molar-refractivity contribution in [1.29, 1.82) is 5.26 Å². The second-order valence-corrected chi connectivity index (χ2v) is 5.18. The van der Waals surface area contributed by atoms with Gasteiger partial charge in [-0.3, -0.25) is 0 Å². The Hall–Kier alpha value is -2.26. The van der Waals surface area contributed by atoms with Gasteiger partial charge < -0.3 is 4.74 Å². The second-order valence-electron chi connectivity index (χ2n) is 4.83. The minimum atomic E-state index is -4.34. The van der Waals surface area contributed by atoms with Crippen molar-refractivity contribution >= 4 is 11.6 Å². The van der Waals surface area contributed by atoms with E-state index >= 15 is 0 Å². The molecule has 0 aliphatic carbocycles. The van der Waals surface area contributed by atoms with Gasteiger partial charge in [-0.05, 0) is 24.6 Å². The summed E-state index contributed by atoms with van der Waals surface area (Å²) >= 11 is 5.91. The van der Waals surface area contributed by atoms with Crippen LogP contribution < -0.4 is 4.74 Å². The van der Waals surface area contributed by atoms with Gasteiger partial charge in [0.2, 0.25) is 0 Å². The first-order valence-corrected chi connectivity index (χ1v) is 7.05. The lowest BCUT2D eigenvalue weighted by Gasteiger charge is -2.11. The smallest absolute Gasteiger partial charge is 0.416 e. The van der Waals surface area contributed by atoms with E-state index in [1.165, 1.54) is 18.2 Å². The molecule has 23 heavy (non-hydrogen) atoms. The average molecular weight is 341 g/mol. The maximum Gasteiger partial charge on any atom is 0.416 e. The molecule has 1 aromatic heterocycles. The largest absolute Gasteiger partial charge is 0.493 e. The number of nitrogens with zero attached hydrogens (tertiary/aromatic N) is 2. The first-order valence-electron chi connectivity index (χ1n) is 6.67. The van der Waals surface area contributed by atoms with E-state index < -0.39 is 11.7 Å². The van der Waals surface area contributed by atoms with Crippen molar-refractivity contribution < 1.29 is 17.9 Å². The number of pyridine rings is 1. The lowest BCUT2D eigenvalue weighted by molar-refractivity contribution is -0.137. The molecule has 0 saturated heterocycles. The van der Waals surface area contributed by atoms with Crippen LogP contribution in [0.15, 0.2) is 30.3 Å². The topological polar surface area (TPSA) is 45.9 Å². The van der Waals surface area contributed by atoms with Crippen LogP contribution in [0, 0.1) is 18.3 Å². The summed E-state index contributed by atoms with van der Waals surface area (Å²) in [5, 5.41) is 9.04. The Morgan fingerprint density at radius 3 is 2.48 bits per heavy atom. The van der Waals surface area contributed by atoms with Gasteiger partial charge in [0.1, 0.15) is 22.7 Å². The molecule has 120 valence electrons. The minimum absolute atomic E-state index is 0.144. The van der Waals surface area contributed by atoms with Crippen LogP contribution in [0.25, 0.3) is 0 Å². The summed E-state index contributed by atoms with van der Waals surface area (Å²) in [5.74, 6) is 0.438. The third kappa shape index (κ3) is 4.36. The number of halogens is 4. The van der Waals surface area contributed by atoms with E-state index in [0.717, 1.165) is 17.7 Å². The molecule has 0 spiro atoms. The summed E-state index contributed by atoms with van der Waals surface area (Å²) in [5.41, 5.74) is 0.789. The molecule has 0 saturated carbocycles. The fraction of sp³-hybridized carbons (Fsp3) is 0.250. The van der Waals surface area contributed by atoms with E-state index in [9.17, 15) is 13.2 Å². The molecule has 0 aliphatic heterocycles. The monoisotopic (exact) mass is 340 g/mol. The molecule has 2 rings (SSSR count). The molecule has 0 aliphatic rings.